The fraction of sp³-hybridized carbons (Fsp3) is 0.429. The molecule has 1 aromatic rings. The molecule has 0 bridgehead atoms. The molecule has 1 heterocycles. The van der Waals surface area contributed by atoms with E-state index in [1.165, 1.54) is 4.90 Å². The molecule has 0 radical (unpaired) electrons. The first kappa shape index (κ1) is 12.6. The molecule has 1 atom stereocenters. The number of benzene rings is 1. The van der Waals surface area contributed by atoms with Gasteiger partial charge in [-0.05, 0) is 24.0 Å². The zero-order valence-corrected chi connectivity index (χ0v) is 10.6. The number of carboxylic acids is 1. The molecular weight excluding hydrogens is 230 g/mol. The van der Waals surface area contributed by atoms with Crippen LogP contribution < -0.4 is 0 Å². The predicted molar refractivity (Wildman–Crippen MR) is 67.2 cm³/mol. The lowest BCUT2D eigenvalue weighted by Gasteiger charge is -2.25. The van der Waals surface area contributed by atoms with Gasteiger partial charge in [0.1, 0.15) is 6.04 Å². The third-order valence-electron chi connectivity index (χ3n) is 3.21. The summed E-state index contributed by atoms with van der Waals surface area (Å²) in [5, 5.41) is 9.29. The molecule has 0 aromatic heterocycles. The number of carbonyl (C=O) groups is 2. The summed E-state index contributed by atoms with van der Waals surface area (Å²) in [5.41, 5.74) is 1.55. The van der Waals surface area contributed by atoms with Crippen LogP contribution in [0.1, 0.15) is 36.2 Å². The van der Waals surface area contributed by atoms with Gasteiger partial charge in [0.05, 0.1) is 0 Å². The number of carboxylic acid groups (broad SMARTS) is 1. The van der Waals surface area contributed by atoms with Gasteiger partial charge >= 0.3 is 5.97 Å². The standard InChI is InChI=1S/C14H17NO3/c1-9(2)7-12(14(17)18)15-8-10-5-3-4-6-11(10)13(15)16/h3-6,9,12H,7-8H2,1-2H3,(H,17,18). The van der Waals surface area contributed by atoms with Gasteiger partial charge in [-0.1, -0.05) is 32.0 Å². The van der Waals surface area contributed by atoms with E-state index in [9.17, 15) is 14.7 Å². The summed E-state index contributed by atoms with van der Waals surface area (Å²) >= 11 is 0. The van der Waals surface area contributed by atoms with Crippen molar-refractivity contribution in [1.82, 2.24) is 4.90 Å². The molecule has 0 saturated heterocycles. The van der Waals surface area contributed by atoms with Crippen molar-refractivity contribution in [2.24, 2.45) is 5.92 Å². The van der Waals surface area contributed by atoms with E-state index in [4.69, 9.17) is 0 Å². The highest BCUT2D eigenvalue weighted by atomic mass is 16.4. The molecule has 96 valence electrons. The van der Waals surface area contributed by atoms with Crippen molar-refractivity contribution in [1.29, 1.82) is 0 Å². The maximum Gasteiger partial charge on any atom is 0.326 e. The first-order chi connectivity index (χ1) is 8.50. The second-order valence-corrected chi connectivity index (χ2v) is 5.07. The van der Waals surface area contributed by atoms with Gasteiger partial charge in [-0.2, -0.15) is 0 Å². The summed E-state index contributed by atoms with van der Waals surface area (Å²) in [5.74, 6) is -0.855. The van der Waals surface area contributed by atoms with E-state index in [2.05, 4.69) is 0 Å². The van der Waals surface area contributed by atoms with Gasteiger partial charge < -0.3 is 10.0 Å². The Morgan fingerprint density at radius 2 is 2.06 bits per heavy atom. The van der Waals surface area contributed by atoms with Crippen LogP contribution >= 0.6 is 0 Å². The summed E-state index contributed by atoms with van der Waals surface area (Å²) in [6, 6.07) is 6.57. The molecule has 1 aliphatic heterocycles. The molecule has 4 heteroatoms. The van der Waals surface area contributed by atoms with Crippen LogP contribution in [0.3, 0.4) is 0 Å². The Hall–Kier alpha value is -1.84. The van der Waals surface area contributed by atoms with E-state index >= 15 is 0 Å². The van der Waals surface area contributed by atoms with Gasteiger partial charge in [0.15, 0.2) is 0 Å². The highest BCUT2D eigenvalue weighted by Gasteiger charge is 2.36. The Morgan fingerprint density at radius 1 is 1.39 bits per heavy atom. The molecule has 1 aliphatic rings. The van der Waals surface area contributed by atoms with Crippen LogP contribution in [-0.4, -0.2) is 27.9 Å². The van der Waals surface area contributed by atoms with Crippen molar-refractivity contribution < 1.29 is 14.7 Å². The number of nitrogens with zero attached hydrogens (tertiary/aromatic N) is 1. The number of amides is 1. The zero-order valence-electron chi connectivity index (χ0n) is 10.6. The summed E-state index contributed by atoms with van der Waals surface area (Å²) in [4.78, 5) is 25.0. The SMILES string of the molecule is CC(C)CC(C(=O)O)N1Cc2ccccc2C1=O. The molecule has 1 amide bonds. The number of hydrogen-bond acceptors (Lipinski definition) is 2. The number of hydrogen-bond donors (Lipinski definition) is 1. The lowest BCUT2D eigenvalue weighted by atomic mass is 10.0. The predicted octanol–water partition coefficient (Wildman–Crippen LogP) is 2.14. The van der Waals surface area contributed by atoms with Crippen LogP contribution in [0.15, 0.2) is 24.3 Å². The number of carbonyl (C=O) groups excluding carboxylic acids is 1. The minimum Gasteiger partial charge on any atom is -0.480 e. The third-order valence-corrected chi connectivity index (χ3v) is 3.21. The van der Waals surface area contributed by atoms with Gasteiger partial charge in [-0.3, -0.25) is 4.79 Å². The van der Waals surface area contributed by atoms with Crippen LogP contribution in [0, 0.1) is 5.92 Å². The van der Waals surface area contributed by atoms with Gasteiger partial charge in [0.25, 0.3) is 5.91 Å². The van der Waals surface area contributed by atoms with Crippen LogP contribution in [-0.2, 0) is 11.3 Å². The Labute approximate surface area is 106 Å². The second kappa shape index (κ2) is 4.80. The molecule has 1 aromatic carbocycles. The highest BCUT2D eigenvalue weighted by Crippen LogP contribution is 2.26. The van der Waals surface area contributed by atoms with E-state index in [-0.39, 0.29) is 11.8 Å². The number of rotatable bonds is 4. The lowest BCUT2D eigenvalue weighted by Crippen LogP contribution is -2.42. The maximum atomic E-state index is 12.2. The van der Waals surface area contributed by atoms with E-state index in [1.54, 1.807) is 12.1 Å². The Bertz CT molecular complexity index is 482. The lowest BCUT2D eigenvalue weighted by molar-refractivity contribution is -0.143. The fourth-order valence-corrected chi connectivity index (χ4v) is 2.34. The minimum atomic E-state index is -0.926. The van der Waals surface area contributed by atoms with Crippen molar-refractivity contribution in [3.63, 3.8) is 0 Å². The van der Waals surface area contributed by atoms with Gasteiger partial charge in [-0.25, -0.2) is 4.79 Å². The van der Waals surface area contributed by atoms with Crippen LogP contribution in [0.4, 0.5) is 0 Å². The molecule has 1 N–H and O–H groups in total. The van der Waals surface area contributed by atoms with Crippen LogP contribution in [0.2, 0.25) is 0 Å². The largest absolute Gasteiger partial charge is 0.480 e. The summed E-state index contributed by atoms with van der Waals surface area (Å²) in [7, 11) is 0. The van der Waals surface area contributed by atoms with E-state index in [1.807, 2.05) is 26.0 Å². The second-order valence-electron chi connectivity index (χ2n) is 5.07. The number of fused-ring (bicyclic) bond motifs is 1. The van der Waals surface area contributed by atoms with E-state index < -0.39 is 12.0 Å². The van der Waals surface area contributed by atoms with E-state index in [0.29, 0.717) is 18.5 Å². The molecule has 0 fully saturated rings. The van der Waals surface area contributed by atoms with Crippen molar-refractivity contribution in [2.45, 2.75) is 32.9 Å². The summed E-state index contributed by atoms with van der Waals surface area (Å²) in [6.07, 6.45) is 0.481. The minimum absolute atomic E-state index is 0.168. The molecular formula is C14H17NO3. The third kappa shape index (κ3) is 2.23. The molecule has 1 unspecified atom stereocenters. The Kier molecular flexibility index (Phi) is 3.36. The van der Waals surface area contributed by atoms with E-state index in [0.717, 1.165) is 5.56 Å². The summed E-state index contributed by atoms with van der Waals surface area (Å²) in [6.45, 7) is 4.33. The quantitative estimate of drug-likeness (QED) is 0.886. The zero-order chi connectivity index (χ0) is 13.3. The maximum absolute atomic E-state index is 12.2. The first-order valence-electron chi connectivity index (χ1n) is 6.12. The molecule has 2 rings (SSSR count). The topological polar surface area (TPSA) is 57.6 Å². The molecule has 0 aliphatic carbocycles. The highest BCUT2D eigenvalue weighted by molar-refractivity contribution is 6.00. The molecule has 4 nitrogen and oxygen atoms in total. The average Bonchev–Trinajstić information content (AvgIpc) is 2.64. The monoisotopic (exact) mass is 247 g/mol. The Morgan fingerprint density at radius 3 is 2.61 bits per heavy atom. The van der Waals surface area contributed by atoms with Gasteiger partial charge in [0, 0.05) is 12.1 Å². The van der Waals surface area contributed by atoms with Crippen molar-refractivity contribution >= 4 is 11.9 Å². The molecule has 18 heavy (non-hydrogen) atoms. The van der Waals surface area contributed by atoms with Gasteiger partial charge in [-0.15, -0.1) is 0 Å². The van der Waals surface area contributed by atoms with Gasteiger partial charge in [0.2, 0.25) is 0 Å². The smallest absolute Gasteiger partial charge is 0.326 e. The summed E-state index contributed by atoms with van der Waals surface area (Å²) < 4.78 is 0. The molecule has 0 saturated carbocycles. The average molecular weight is 247 g/mol. The van der Waals surface area contributed by atoms with Crippen molar-refractivity contribution in [3.8, 4) is 0 Å². The normalized spacial score (nSPS) is 15.9. The van der Waals surface area contributed by atoms with Crippen molar-refractivity contribution in [3.05, 3.63) is 35.4 Å². The molecule has 0 spiro atoms. The van der Waals surface area contributed by atoms with Crippen LogP contribution in [0.25, 0.3) is 0 Å². The number of aliphatic carboxylic acids is 1. The van der Waals surface area contributed by atoms with Crippen LogP contribution in [0.5, 0.6) is 0 Å². The fourth-order valence-electron chi connectivity index (χ4n) is 2.34. The van der Waals surface area contributed by atoms with Crippen molar-refractivity contribution in [2.75, 3.05) is 0 Å². The first-order valence-corrected chi connectivity index (χ1v) is 6.12. The Balaban J connectivity index is 2.25.